The van der Waals surface area contributed by atoms with Gasteiger partial charge in [-0.3, -0.25) is 14.4 Å². The van der Waals surface area contributed by atoms with Crippen LogP contribution in [0.5, 0.6) is 0 Å². The Kier molecular flexibility index (Phi) is 9.22. The number of aliphatic hydroxyl groups excluding tert-OH is 1. The van der Waals surface area contributed by atoms with Gasteiger partial charge < -0.3 is 25.6 Å². The van der Waals surface area contributed by atoms with E-state index < -0.39 is 0 Å². The number of carbonyl (C=O) groups excluding carboxylic acids is 2. The zero-order valence-corrected chi connectivity index (χ0v) is 24.6. The largest absolute Gasteiger partial charge is 0.395 e. The summed E-state index contributed by atoms with van der Waals surface area (Å²) < 4.78 is 1.57. The first-order valence-electron chi connectivity index (χ1n) is 13.9. The number of hydrogen-bond acceptors (Lipinski definition) is 6. The normalized spacial score (nSPS) is 11.2. The summed E-state index contributed by atoms with van der Waals surface area (Å²) in [5, 5.41) is 17.6. The third-order valence-corrected chi connectivity index (χ3v) is 6.99. The lowest BCUT2D eigenvalue weighted by Gasteiger charge is -2.19. The lowest BCUT2D eigenvalue weighted by atomic mass is 9.86. The SMILES string of the molecule is CCn1cc(-c2cccc(NC(=O)c3ccc(C(C)(C)C)cc3)c2C)nc(Nc2ccc(C(=O)NCCO)cc2)c1=O. The number of aryl methyl sites for hydroxylation is 1. The maximum atomic E-state index is 13.1. The minimum absolute atomic E-state index is 0.00374. The van der Waals surface area contributed by atoms with Gasteiger partial charge >= 0.3 is 0 Å². The quantitative estimate of drug-likeness (QED) is 0.219. The van der Waals surface area contributed by atoms with E-state index in [4.69, 9.17) is 5.11 Å². The van der Waals surface area contributed by atoms with Crippen molar-refractivity contribution in [1.29, 1.82) is 0 Å². The third kappa shape index (κ3) is 6.92. The van der Waals surface area contributed by atoms with Gasteiger partial charge in [0.05, 0.1) is 12.3 Å². The molecule has 0 aliphatic rings. The van der Waals surface area contributed by atoms with E-state index in [1.54, 1.807) is 35.0 Å². The summed E-state index contributed by atoms with van der Waals surface area (Å²) >= 11 is 0. The number of aromatic nitrogens is 2. The number of amides is 2. The molecule has 3 aromatic carbocycles. The van der Waals surface area contributed by atoms with Crippen molar-refractivity contribution in [3.63, 3.8) is 0 Å². The highest BCUT2D eigenvalue weighted by Gasteiger charge is 2.17. The Morgan fingerprint density at radius 3 is 2.19 bits per heavy atom. The van der Waals surface area contributed by atoms with Crippen molar-refractivity contribution in [1.82, 2.24) is 14.9 Å². The smallest absolute Gasteiger partial charge is 0.293 e. The Morgan fingerprint density at radius 1 is 0.929 bits per heavy atom. The second-order valence-corrected chi connectivity index (χ2v) is 11.0. The molecule has 0 saturated carbocycles. The molecule has 0 spiro atoms. The zero-order valence-electron chi connectivity index (χ0n) is 24.6. The number of benzene rings is 3. The van der Waals surface area contributed by atoms with Crippen LogP contribution in [0.2, 0.25) is 0 Å². The minimum Gasteiger partial charge on any atom is -0.395 e. The summed E-state index contributed by atoms with van der Waals surface area (Å²) in [7, 11) is 0. The van der Waals surface area contributed by atoms with E-state index >= 15 is 0 Å². The fraction of sp³-hybridized carbons (Fsp3) is 0.273. The number of aliphatic hydroxyl groups is 1. The van der Waals surface area contributed by atoms with E-state index in [-0.39, 0.29) is 41.8 Å². The van der Waals surface area contributed by atoms with Crippen LogP contribution in [0.3, 0.4) is 0 Å². The fourth-order valence-corrected chi connectivity index (χ4v) is 4.46. The van der Waals surface area contributed by atoms with Crippen LogP contribution in [0.1, 0.15) is 59.5 Å². The lowest BCUT2D eigenvalue weighted by Crippen LogP contribution is -2.26. The summed E-state index contributed by atoms with van der Waals surface area (Å²) in [5.41, 5.74) is 5.26. The van der Waals surface area contributed by atoms with Crippen LogP contribution in [0.15, 0.2) is 77.7 Å². The van der Waals surface area contributed by atoms with E-state index in [0.29, 0.717) is 34.7 Å². The highest BCUT2D eigenvalue weighted by Crippen LogP contribution is 2.29. The summed E-state index contributed by atoms with van der Waals surface area (Å²) in [6.07, 6.45) is 1.71. The molecule has 0 radical (unpaired) electrons. The summed E-state index contributed by atoms with van der Waals surface area (Å²) in [5.74, 6) is -0.369. The van der Waals surface area contributed by atoms with Crippen LogP contribution >= 0.6 is 0 Å². The molecule has 42 heavy (non-hydrogen) atoms. The van der Waals surface area contributed by atoms with Crippen LogP contribution in [0.4, 0.5) is 17.2 Å². The van der Waals surface area contributed by atoms with Crippen molar-refractivity contribution in [2.45, 2.75) is 46.6 Å². The molecule has 4 N–H and O–H groups in total. The van der Waals surface area contributed by atoms with E-state index in [1.807, 2.05) is 56.3 Å². The first-order chi connectivity index (χ1) is 20.0. The maximum absolute atomic E-state index is 13.1. The molecular formula is C33H37N5O4. The molecule has 0 aliphatic heterocycles. The van der Waals surface area contributed by atoms with Gasteiger partial charge in [-0.2, -0.15) is 0 Å². The van der Waals surface area contributed by atoms with Gasteiger partial charge in [0, 0.05) is 47.4 Å². The molecule has 4 rings (SSSR count). The highest BCUT2D eigenvalue weighted by atomic mass is 16.3. The molecule has 4 aromatic rings. The molecule has 2 amide bonds. The minimum atomic E-state index is -0.298. The van der Waals surface area contributed by atoms with Gasteiger partial charge in [-0.1, -0.05) is 45.0 Å². The van der Waals surface area contributed by atoms with Crippen LogP contribution in [0.25, 0.3) is 11.3 Å². The molecule has 0 saturated heterocycles. The molecule has 1 aromatic heterocycles. The molecule has 0 atom stereocenters. The van der Waals surface area contributed by atoms with Crippen LogP contribution in [-0.4, -0.2) is 39.6 Å². The highest BCUT2D eigenvalue weighted by molar-refractivity contribution is 6.05. The van der Waals surface area contributed by atoms with Crippen LogP contribution in [0, 0.1) is 6.92 Å². The van der Waals surface area contributed by atoms with Crippen molar-refractivity contribution in [3.8, 4) is 11.3 Å². The summed E-state index contributed by atoms with van der Waals surface area (Å²) in [6.45, 7) is 10.6. The lowest BCUT2D eigenvalue weighted by molar-refractivity contribution is 0.0944. The average molecular weight is 568 g/mol. The molecule has 1 heterocycles. The van der Waals surface area contributed by atoms with Gasteiger partial charge in [-0.05, 0) is 72.9 Å². The first-order valence-corrected chi connectivity index (χ1v) is 13.9. The molecule has 0 bridgehead atoms. The monoisotopic (exact) mass is 567 g/mol. The number of hydrogen-bond donors (Lipinski definition) is 4. The number of nitrogens with one attached hydrogen (secondary N) is 3. The molecule has 218 valence electrons. The van der Waals surface area contributed by atoms with Crippen molar-refractivity contribution in [2.75, 3.05) is 23.8 Å². The predicted octanol–water partition coefficient (Wildman–Crippen LogP) is 5.25. The van der Waals surface area contributed by atoms with Gasteiger partial charge in [0.2, 0.25) is 0 Å². The van der Waals surface area contributed by atoms with Crippen LogP contribution in [-0.2, 0) is 12.0 Å². The van der Waals surface area contributed by atoms with Gasteiger partial charge in [-0.15, -0.1) is 0 Å². The van der Waals surface area contributed by atoms with E-state index in [2.05, 4.69) is 41.7 Å². The Bertz CT molecular complexity index is 1640. The second kappa shape index (κ2) is 12.8. The Hall–Kier alpha value is -4.76. The molecule has 0 unspecified atom stereocenters. The fourth-order valence-electron chi connectivity index (χ4n) is 4.46. The first kappa shape index (κ1) is 30.2. The van der Waals surface area contributed by atoms with Crippen molar-refractivity contribution in [3.05, 3.63) is 106 Å². The van der Waals surface area contributed by atoms with Gasteiger partial charge in [-0.25, -0.2) is 4.98 Å². The van der Waals surface area contributed by atoms with Gasteiger partial charge in [0.1, 0.15) is 0 Å². The van der Waals surface area contributed by atoms with Crippen LogP contribution < -0.4 is 21.5 Å². The number of carbonyl (C=O) groups is 2. The standard InChI is InChI=1S/C33H37N5O4/c1-6-38-20-28(36-29(32(38)42)35-25-16-12-22(13-17-25)30(40)34-18-19-39)26-8-7-9-27(21(26)2)37-31(41)23-10-14-24(15-11-23)33(3,4)5/h7-17,20,39H,6,18-19H2,1-5H3,(H,34,40)(H,35,36)(H,37,41). The maximum Gasteiger partial charge on any atom is 0.293 e. The number of nitrogens with zero attached hydrogens (tertiary/aromatic N) is 2. The number of rotatable bonds is 9. The molecule has 0 fully saturated rings. The topological polar surface area (TPSA) is 125 Å². The molecule has 9 nitrogen and oxygen atoms in total. The predicted molar refractivity (Wildman–Crippen MR) is 167 cm³/mol. The van der Waals surface area contributed by atoms with Gasteiger partial charge in [0.15, 0.2) is 5.82 Å². The van der Waals surface area contributed by atoms with Crippen molar-refractivity contribution >= 4 is 29.0 Å². The van der Waals surface area contributed by atoms with Gasteiger partial charge in [0.25, 0.3) is 17.4 Å². The summed E-state index contributed by atoms with van der Waals surface area (Å²) in [4.78, 5) is 43.0. The summed E-state index contributed by atoms with van der Waals surface area (Å²) in [6, 6.07) is 19.8. The van der Waals surface area contributed by atoms with Crippen molar-refractivity contribution in [2.24, 2.45) is 0 Å². The van der Waals surface area contributed by atoms with E-state index in [0.717, 1.165) is 16.7 Å². The average Bonchev–Trinajstić information content (AvgIpc) is 2.98. The zero-order chi connectivity index (χ0) is 30.4. The second-order valence-electron chi connectivity index (χ2n) is 11.0. The van der Waals surface area contributed by atoms with E-state index in [9.17, 15) is 14.4 Å². The van der Waals surface area contributed by atoms with Crippen molar-refractivity contribution < 1.29 is 14.7 Å². The molecular weight excluding hydrogens is 530 g/mol. The van der Waals surface area contributed by atoms with E-state index in [1.165, 1.54) is 0 Å². The molecule has 9 heteroatoms. The third-order valence-electron chi connectivity index (χ3n) is 6.99. The Morgan fingerprint density at radius 2 is 1.57 bits per heavy atom. The Balaban J connectivity index is 1.60. The number of anilines is 3. The molecule has 0 aliphatic carbocycles. The Labute approximate surface area is 245 Å².